The normalized spacial score (nSPS) is 17.7. The number of piperidine rings is 1. The Balaban J connectivity index is 1.66. The number of nitrogens with zero attached hydrogens (tertiary/aromatic N) is 1. The van der Waals surface area contributed by atoms with Crippen molar-refractivity contribution in [2.45, 2.75) is 34.2 Å². The first-order chi connectivity index (χ1) is 14.0. The number of benzene rings is 2. The molecule has 0 aromatic heterocycles. The van der Waals surface area contributed by atoms with E-state index in [0.717, 1.165) is 12.1 Å². The molecule has 0 saturated carbocycles. The number of hydrogen-bond donors (Lipinski definition) is 1. The number of carbonyl (C=O) groups is 1. The van der Waals surface area contributed by atoms with Gasteiger partial charge < -0.3 is 4.90 Å². The lowest BCUT2D eigenvalue weighted by Gasteiger charge is -2.33. The second kappa shape index (κ2) is 8.94. The van der Waals surface area contributed by atoms with E-state index in [1.54, 1.807) is 0 Å². The van der Waals surface area contributed by atoms with E-state index >= 15 is 0 Å². The second-order valence-electron chi connectivity index (χ2n) is 6.74. The van der Waals surface area contributed by atoms with E-state index in [1.165, 1.54) is 41.3 Å². The summed E-state index contributed by atoms with van der Waals surface area (Å²) in [5.74, 6) is -1.07. The molecule has 1 unspecified atom stereocenters. The minimum Gasteiger partial charge on any atom is -0.337 e. The van der Waals surface area contributed by atoms with E-state index in [9.17, 15) is 30.8 Å². The topological polar surface area (TPSA) is 66.5 Å². The van der Waals surface area contributed by atoms with Crippen LogP contribution in [0.5, 0.6) is 0 Å². The molecule has 1 amide bonds. The minimum atomic E-state index is -4.41. The summed E-state index contributed by atoms with van der Waals surface area (Å²) >= 11 is -0.266. The molecule has 1 heterocycles. The average Bonchev–Trinajstić information content (AvgIpc) is 2.67. The number of halogens is 4. The predicted molar refractivity (Wildman–Crippen MR) is 104 cm³/mol. The van der Waals surface area contributed by atoms with Crippen molar-refractivity contribution in [3.8, 4) is 0 Å². The van der Waals surface area contributed by atoms with Crippen LogP contribution in [0.2, 0.25) is 0 Å². The first kappa shape index (κ1) is 22.6. The van der Waals surface area contributed by atoms with Crippen LogP contribution < -0.4 is 4.72 Å². The van der Waals surface area contributed by atoms with Gasteiger partial charge in [0.25, 0.3) is 5.91 Å². The number of likely N-dealkylation sites (tertiary alicyclic amines) is 1. The molecule has 11 heteroatoms. The maximum absolute atomic E-state index is 13.3. The van der Waals surface area contributed by atoms with Gasteiger partial charge in [-0.2, -0.15) is 13.2 Å². The largest absolute Gasteiger partial charge is 0.446 e. The second-order valence-corrected chi connectivity index (χ2v) is 9.59. The van der Waals surface area contributed by atoms with Crippen molar-refractivity contribution >= 4 is 27.7 Å². The Morgan fingerprint density at radius 1 is 1.13 bits per heavy atom. The van der Waals surface area contributed by atoms with Crippen LogP contribution in [0.1, 0.15) is 23.2 Å². The fraction of sp³-hybridized carbons (Fsp3) is 0.316. The van der Waals surface area contributed by atoms with Gasteiger partial charge in [-0.3, -0.25) is 4.79 Å². The monoisotopic (exact) mass is 462 g/mol. The van der Waals surface area contributed by atoms with Crippen molar-refractivity contribution in [3.63, 3.8) is 0 Å². The summed E-state index contributed by atoms with van der Waals surface area (Å²) in [5, 5.41) is 0. The lowest BCUT2D eigenvalue weighted by atomic mass is 10.1. The number of carbonyl (C=O) groups excluding carboxylic acids is 1. The first-order valence-corrected chi connectivity index (χ1v) is 11.3. The van der Waals surface area contributed by atoms with Gasteiger partial charge in [0.05, 0.1) is 4.90 Å². The summed E-state index contributed by atoms with van der Waals surface area (Å²) in [4.78, 5) is 13.9. The Hall–Kier alpha value is -2.11. The minimum absolute atomic E-state index is 0.0292. The highest BCUT2D eigenvalue weighted by Crippen LogP contribution is 2.36. The van der Waals surface area contributed by atoms with Crippen molar-refractivity contribution in [1.29, 1.82) is 0 Å². The smallest absolute Gasteiger partial charge is 0.337 e. The summed E-state index contributed by atoms with van der Waals surface area (Å²) < 4.78 is 78.1. The van der Waals surface area contributed by atoms with Crippen LogP contribution in [-0.2, 0) is 10.0 Å². The molecule has 5 nitrogen and oxygen atoms in total. The summed E-state index contributed by atoms with van der Waals surface area (Å²) in [6.45, 7) is 0.502. The Morgan fingerprint density at radius 3 is 2.47 bits per heavy atom. The molecular weight excluding hydrogens is 444 g/mol. The van der Waals surface area contributed by atoms with E-state index < -0.39 is 33.3 Å². The maximum Gasteiger partial charge on any atom is 0.446 e. The van der Waals surface area contributed by atoms with E-state index in [0.29, 0.717) is 19.4 Å². The van der Waals surface area contributed by atoms with Crippen LogP contribution in [0.4, 0.5) is 17.6 Å². The molecule has 0 radical (unpaired) electrons. The van der Waals surface area contributed by atoms with E-state index in [2.05, 4.69) is 4.72 Å². The number of nitrogens with one attached hydrogen (secondary N) is 1. The number of thioether (sulfide) groups is 1. The van der Waals surface area contributed by atoms with Gasteiger partial charge in [-0.25, -0.2) is 17.5 Å². The Morgan fingerprint density at radius 2 is 1.83 bits per heavy atom. The molecule has 3 rings (SSSR count). The molecule has 1 aliphatic rings. The maximum atomic E-state index is 13.3. The summed E-state index contributed by atoms with van der Waals surface area (Å²) in [7, 11) is -3.96. The predicted octanol–water partition coefficient (Wildman–Crippen LogP) is 4.02. The lowest BCUT2D eigenvalue weighted by Crippen LogP contribution is -2.49. The average molecular weight is 462 g/mol. The molecule has 2 aromatic rings. The van der Waals surface area contributed by atoms with Crippen LogP contribution >= 0.6 is 11.8 Å². The molecule has 0 spiro atoms. The van der Waals surface area contributed by atoms with Gasteiger partial charge in [0.1, 0.15) is 5.82 Å². The van der Waals surface area contributed by atoms with E-state index in [4.69, 9.17) is 0 Å². The molecule has 1 aliphatic heterocycles. The highest BCUT2D eigenvalue weighted by molar-refractivity contribution is 8.00. The summed E-state index contributed by atoms with van der Waals surface area (Å²) in [6.07, 6.45) is 1.05. The Labute approximate surface area is 175 Å². The van der Waals surface area contributed by atoms with Crippen molar-refractivity contribution in [3.05, 3.63) is 59.9 Å². The van der Waals surface area contributed by atoms with Gasteiger partial charge in [0, 0.05) is 29.6 Å². The third-order valence-corrected chi connectivity index (χ3v) is 6.73. The Bertz CT molecular complexity index is 1010. The van der Waals surface area contributed by atoms with Crippen LogP contribution in [-0.4, -0.2) is 43.9 Å². The fourth-order valence-corrected chi connectivity index (χ4v) is 4.99. The number of sulfonamides is 1. The third-order valence-electron chi connectivity index (χ3n) is 4.47. The summed E-state index contributed by atoms with van der Waals surface area (Å²) in [6, 6.07) is 9.13. The standard InChI is InChI=1S/C19H18F4N2O3S2/c20-14-3-1-5-17(11-14)30(27,28)24-15-4-2-10-25(12-15)18(26)13-6-8-16(9-7-13)29-19(21,22)23/h1,3,5-9,11,15,24H,2,4,10,12H2. The first-order valence-electron chi connectivity index (χ1n) is 8.96. The van der Waals surface area contributed by atoms with Crippen LogP contribution in [0.15, 0.2) is 58.3 Å². The molecular formula is C19H18F4N2O3S2. The highest BCUT2D eigenvalue weighted by atomic mass is 32.2. The number of amides is 1. The molecule has 162 valence electrons. The van der Waals surface area contributed by atoms with Gasteiger partial charge in [-0.1, -0.05) is 6.07 Å². The van der Waals surface area contributed by atoms with Crippen molar-refractivity contribution in [2.75, 3.05) is 13.1 Å². The van der Waals surface area contributed by atoms with Gasteiger partial charge >= 0.3 is 5.51 Å². The molecule has 0 aliphatic carbocycles. The van der Waals surface area contributed by atoms with Crippen LogP contribution in [0.3, 0.4) is 0 Å². The van der Waals surface area contributed by atoms with Gasteiger partial charge in [-0.15, -0.1) is 0 Å². The summed E-state index contributed by atoms with van der Waals surface area (Å²) in [5.41, 5.74) is -4.19. The third kappa shape index (κ3) is 5.96. The van der Waals surface area contributed by atoms with E-state index in [-0.39, 0.29) is 33.7 Å². The number of alkyl halides is 3. The van der Waals surface area contributed by atoms with Crippen LogP contribution in [0.25, 0.3) is 0 Å². The molecule has 1 fully saturated rings. The molecule has 1 atom stereocenters. The lowest BCUT2D eigenvalue weighted by molar-refractivity contribution is -0.0328. The fourth-order valence-electron chi connectivity index (χ4n) is 3.16. The zero-order valence-corrected chi connectivity index (χ0v) is 17.2. The SMILES string of the molecule is O=C(c1ccc(SC(F)(F)F)cc1)N1CCCC(NS(=O)(=O)c2cccc(F)c2)C1. The van der Waals surface area contributed by atoms with Crippen molar-refractivity contribution < 1.29 is 30.8 Å². The quantitative estimate of drug-likeness (QED) is 0.539. The molecule has 1 N–H and O–H groups in total. The van der Waals surface area contributed by atoms with E-state index in [1.807, 2.05) is 0 Å². The molecule has 1 saturated heterocycles. The number of hydrogen-bond acceptors (Lipinski definition) is 4. The van der Waals surface area contributed by atoms with Crippen LogP contribution in [0, 0.1) is 5.82 Å². The molecule has 2 aromatic carbocycles. The van der Waals surface area contributed by atoms with Gasteiger partial charge in [-0.05, 0) is 67.1 Å². The van der Waals surface area contributed by atoms with Crippen molar-refractivity contribution in [1.82, 2.24) is 9.62 Å². The highest BCUT2D eigenvalue weighted by Gasteiger charge is 2.30. The van der Waals surface area contributed by atoms with Gasteiger partial charge in [0.2, 0.25) is 10.0 Å². The zero-order chi connectivity index (χ0) is 21.9. The molecule has 30 heavy (non-hydrogen) atoms. The van der Waals surface area contributed by atoms with Gasteiger partial charge in [0.15, 0.2) is 0 Å². The molecule has 0 bridgehead atoms. The Kier molecular flexibility index (Phi) is 6.73. The van der Waals surface area contributed by atoms with Crippen molar-refractivity contribution in [2.24, 2.45) is 0 Å². The number of rotatable bonds is 5. The zero-order valence-electron chi connectivity index (χ0n) is 15.5.